The molecule has 0 unspecified atom stereocenters. The molecule has 6 nitrogen and oxygen atoms in total. The second kappa shape index (κ2) is 10.0. The highest BCUT2D eigenvalue weighted by atomic mass is 16.2. The number of amides is 2. The highest BCUT2D eigenvalue weighted by molar-refractivity contribution is 5.83. The van der Waals surface area contributed by atoms with E-state index in [4.69, 9.17) is 0 Å². The fourth-order valence-electron chi connectivity index (χ4n) is 4.51. The van der Waals surface area contributed by atoms with Crippen molar-refractivity contribution >= 4 is 11.8 Å². The molecule has 2 aromatic carbocycles. The van der Waals surface area contributed by atoms with Crippen molar-refractivity contribution in [2.45, 2.75) is 26.8 Å². The lowest BCUT2D eigenvalue weighted by atomic mass is 9.95. The molecule has 1 saturated heterocycles. The molecule has 2 amide bonds. The van der Waals surface area contributed by atoms with E-state index in [0.717, 1.165) is 17.0 Å². The van der Waals surface area contributed by atoms with Gasteiger partial charge in [-0.2, -0.15) is 0 Å². The Bertz CT molecular complexity index is 1090. The Morgan fingerprint density at radius 2 is 1.76 bits per heavy atom. The van der Waals surface area contributed by atoms with E-state index < -0.39 is 0 Å². The van der Waals surface area contributed by atoms with Gasteiger partial charge in [-0.15, -0.1) is 0 Å². The number of rotatable bonds is 6. The molecule has 0 radical (unpaired) electrons. The van der Waals surface area contributed by atoms with Gasteiger partial charge in [0.2, 0.25) is 11.8 Å². The molecule has 0 bridgehead atoms. The molecular formula is C27H32N4O2. The monoisotopic (exact) mass is 444 g/mol. The Labute approximate surface area is 195 Å². The van der Waals surface area contributed by atoms with Crippen molar-refractivity contribution in [3.05, 3.63) is 78.4 Å². The number of aryl methyl sites for hydroxylation is 1. The molecule has 0 aliphatic carbocycles. The normalized spacial score (nSPS) is 17.7. The number of nitrogens with zero attached hydrogens (tertiary/aromatic N) is 4. The second-order valence-corrected chi connectivity index (χ2v) is 9.04. The number of carbonyl (C=O) groups is 2. The summed E-state index contributed by atoms with van der Waals surface area (Å²) in [5, 5.41) is 0. The quantitative estimate of drug-likeness (QED) is 0.583. The molecule has 1 aliphatic rings. The summed E-state index contributed by atoms with van der Waals surface area (Å²) in [7, 11) is 1.83. The first kappa shape index (κ1) is 22.8. The summed E-state index contributed by atoms with van der Waals surface area (Å²) >= 11 is 0. The minimum absolute atomic E-state index is 0.0932. The van der Waals surface area contributed by atoms with Crippen molar-refractivity contribution in [1.29, 1.82) is 0 Å². The molecule has 4 rings (SSSR count). The number of likely N-dealkylation sites (N-methyl/N-ethyl adjacent to an activating group) is 1. The molecule has 0 saturated carbocycles. The number of aromatic nitrogens is 2. The molecular weight excluding hydrogens is 412 g/mol. The van der Waals surface area contributed by atoms with E-state index in [1.54, 1.807) is 11.1 Å². The van der Waals surface area contributed by atoms with Gasteiger partial charge in [0.15, 0.2) is 0 Å². The van der Waals surface area contributed by atoms with E-state index in [0.29, 0.717) is 32.6 Å². The molecule has 2 atom stereocenters. The fraction of sp³-hybridized carbons (Fsp3) is 0.370. The van der Waals surface area contributed by atoms with Crippen molar-refractivity contribution in [3.63, 3.8) is 0 Å². The topological polar surface area (TPSA) is 58.4 Å². The molecule has 6 heteroatoms. The first-order chi connectivity index (χ1) is 15.9. The standard InChI is InChI=1S/C27H32N4O2/c1-20(18-30-14-13-28-21(30)2)26(32)31-16-15-29(3)27(33)25(19-31)17-22-9-11-24(12-10-22)23-7-5-4-6-8-23/h4-14,20,25H,15-19H2,1-3H3/t20-,25+/m1/s1. The number of carbonyl (C=O) groups excluding carboxylic acids is 2. The number of hydrogen-bond donors (Lipinski definition) is 0. The zero-order chi connectivity index (χ0) is 23.4. The molecule has 1 aliphatic heterocycles. The van der Waals surface area contributed by atoms with Crippen LogP contribution in [0.1, 0.15) is 18.3 Å². The van der Waals surface area contributed by atoms with Gasteiger partial charge in [-0.05, 0) is 30.0 Å². The average Bonchev–Trinajstić information content (AvgIpc) is 3.18. The first-order valence-electron chi connectivity index (χ1n) is 11.6. The van der Waals surface area contributed by atoms with Gasteiger partial charge < -0.3 is 14.4 Å². The zero-order valence-corrected chi connectivity index (χ0v) is 19.6. The van der Waals surface area contributed by atoms with Crippen LogP contribution in [0, 0.1) is 18.8 Å². The van der Waals surface area contributed by atoms with Gasteiger partial charge in [0.05, 0.1) is 11.8 Å². The maximum absolute atomic E-state index is 13.3. The third-order valence-electron chi connectivity index (χ3n) is 6.54. The summed E-state index contributed by atoms with van der Waals surface area (Å²) in [5.41, 5.74) is 3.44. The van der Waals surface area contributed by atoms with Crippen LogP contribution in [0.25, 0.3) is 11.1 Å². The maximum atomic E-state index is 13.3. The van der Waals surface area contributed by atoms with Crippen LogP contribution in [0.2, 0.25) is 0 Å². The fourth-order valence-corrected chi connectivity index (χ4v) is 4.51. The van der Waals surface area contributed by atoms with Crippen molar-refractivity contribution in [2.75, 3.05) is 26.7 Å². The Morgan fingerprint density at radius 3 is 2.42 bits per heavy atom. The van der Waals surface area contributed by atoms with Crippen molar-refractivity contribution < 1.29 is 9.59 Å². The van der Waals surface area contributed by atoms with Gasteiger partial charge >= 0.3 is 0 Å². The smallest absolute Gasteiger partial charge is 0.227 e. The summed E-state index contributed by atoms with van der Waals surface area (Å²) in [6.45, 7) is 6.07. The summed E-state index contributed by atoms with van der Waals surface area (Å²) in [6, 6.07) is 18.7. The van der Waals surface area contributed by atoms with Gasteiger partial charge in [-0.1, -0.05) is 61.5 Å². The molecule has 2 heterocycles. The first-order valence-corrected chi connectivity index (χ1v) is 11.6. The molecule has 1 fully saturated rings. The summed E-state index contributed by atoms with van der Waals surface area (Å²) in [4.78, 5) is 34.2. The maximum Gasteiger partial charge on any atom is 0.227 e. The second-order valence-electron chi connectivity index (χ2n) is 9.04. The van der Waals surface area contributed by atoms with Crippen molar-refractivity contribution in [2.24, 2.45) is 11.8 Å². The Kier molecular flexibility index (Phi) is 6.92. The molecule has 33 heavy (non-hydrogen) atoms. The van der Waals surface area contributed by atoms with E-state index in [9.17, 15) is 9.59 Å². The highest BCUT2D eigenvalue weighted by Gasteiger charge is 2.32. The lowest BCUT2D eigenvalue weighted by Crippen LogP contribution is -2.41. The van der Waals surface area contributed by atoms with Crippen LogP contribution in [0.4, 0.5) is 0 Å². The molecule has 0 spiro atoms. The van der Waals surface area contributed by atoms with Crippen LogP contribution < -0.4 is 0 Å². The predicted molar refractivity (Wildman–Crippen MR) is 129 cm³/mol. The van der Waals surface area contributed by atoms with Crippen LogP contribution in [-0.2, 0) is 22.6 Å². The highest BCUT2D eigenvalue weighted by Crippen LogP contribution is 2.22. The zero-order valence-electron chi connectivity index (χ0n) is 19.6. The molecule has 1 aromatic heterocycles. The van der Waals surface area contributed by atoms with Gasteiger partial charge in [0.25, 0.3) is 0 Å². The average molecular weight is 445 g/mol. The Balaban J connectivity index is 1.45. The van der Waals surface area contributed by atoms with E-state index in [2.05, 4.69) is 41.4 Å². The summed E-state index contributed by atoms with van der Waals surface area (Å²) < 4.78 is 2.00. The van der Waals surface area contributed by atoms with E-state index in [1.807, 2.05) is 54.8 Å². The largest absolute Gasteiger partial charge is 0.344 e. The van der Waals surface area contributed by atoms with Crippen LogP contribution in [0.3, 0.4) is 0 Å². The van der Waals surface area contributed by atoms with Crippen LogP contribution in [0.15, 0.2) is 67.0 Å². The summed E-state index contributed by atoms with van der Waals surface area (Å²) in [6.07, 6.45) is 4.28. The minimum Gasteiger partial charge on any atom is -0.344 e. The van der Waals surface area contributed by atoms with Gasteiger partial charge in [-0.25, -0.2) is 4.98 Å². The van der Waals surface area contributed by atoms with Crippen LogP contribution >= 0.6 is 0 Å². The Morgan fingerprint density at radius 1 is 1.06 bits per heavy atom. The number of imidazole rings is 1. The Hall–Kier alpha value is -3.41. The lowest BCUT2D eigenvalue weighted by molar-refractivity contribution is -0.136. The lowest BCUT2D eigenvalue weighted by Gasteiger charge is -2.26. The van der Waals surface area contributed by atoms with Gasteiger partial charge in [0.1, 0.15) is 5.82 Å². The molecule has 3 aromatic rings. The number of hydrogen-bond acceptors (Lipinski definition) is 3. The van der Waals surface area contributed by atoms with Crippen LogP contribution in [-0.4, -0.2) is 57.8 Å². The third-order valence-corrected chi connectivity index (χ3v) is 6.54. The predicted octanol–water partition coefficient (Wildman–Crippen LogP) is 3.65. The molecule has 172 valence electrons. The van der Waals surface area contributed by atoms with Crippen molar-refractivity contribution in [1.82, 2.24) is 19.4 Å². The molecule has 0 N–H and O–H groups in total. The van der Waals surface area contributed by atoms with Crippen molar-refractivity contribution in [3.8, 4) is 11.1 Å². The van der Waals surface area contributed by atoms with E-state index in [1.165, 1.54) is 5.56 Å². The third kappa shape index (κ3) is 5.33. The van der Waals surface area contributed by atoms with E-state index >= 15 is 0 Å². The van der Waals surface area contributed by atoms with Crippen LogP contribution in [0.5, 0.6) is 0 Å². The summed E-state index contributed by atoms with van der Waals surface area (Å²) in [5.74, 6) is 0.678. The van der Waals surface area contributed by atoms with Gasteiger partial charge in [-0.3, -0.25) is 9.59 Å². The minimum atomic E-state index is -0.244. The van der Waals surface area contributed by atoms with Gasteiger partial charge in [0, 0.05) is 45.6 Å². The van der Waals surface area contributed by atoms with E-state index in [-0.39, 0.29) is 23.7 Å². The SMILES string of the molecule is Cc1nccn1C[C@@H](C)C(=O)N1CCN(C)C(=O)[C@@H](Cc2ccc(-c3ccccc3)cc2)C1. The number of benzene rings is 2.